The van der Waals surface area contributed by atoms with Gasteiger partial charge in [0.1, 0.15) is 11.6 Å². The maximum Gasteiger partial charge on any atom is 0.444 e. The summed E-state index contributed by atoms with van der Waals surface area (Å²) < 4.78 is 14.3. The SMILES string of the molecule is CCOC(=O)N1OC(C(=O)OC)=C(C(=O)OC)C1c1ccccc1. The van der Waals surface area contributed by atoms with Crippen LogP contribution >= 0.6 is 0 Å². The van der Waals surface area contributed by atoms with Gasteiger partial charge in [-0.1, -0.05) is 30.3 Å². The van der Waals surface area contributed by atoms with Gasteiger partial charge in [0.2, 0.25) is 0 Å². The lowest BCUT2D eigenvalue weighted by atomic mass is 9.98. The van der Waals surface area contributed by atoms with E-state index in [9.17, 15) is 14.4 Å². The Morgan fingerprint density at radius 1 is 1.08 bits per heavy atom. The summed E-state index contributed by atoms with van der Waals surface area (Å²) in [6, 6.07) is 7.60. The zero-order valence-corrected chi connectivity index (χ0v) is 13.5. The summed E-state index contributed by atoms with van der Waals surface area (Å²) in [6.45, 7) is 1.72. The van der Waals surface area contributed by atoms with E-state index in [2.05, 4.69) is 4.74 Å². The molecule has 0 bridgehead atoms. The van der Waals surface area contributed by atoms with Gasteiger partial charge >= 0.3 is 18.0 Å². The molecule has 8 nitrogen and oxygen atoms in total. The number of rotatable bonds is 4. The highest BCUT2D eigenvalue weighted by atomic mass is 16.7. The minimum atomic E-state index is -0.994. The quantitative estimate of drug-likeness (QED) is 0.611. The average molecular weight is 335 g/mol. The Labute approximate surface area is 138 Å². The molecule has 1 aliphatic rings. The smallest absolute Gasteiger partial charge is 0.444 e. The van der Waals surface area contributed by atoms with E-state index in [4.69, 9.17) is 14.3 Å². The first-order valence-corrected chi connectivity index (χ1v) is 7.14. The molecule has 24 heavy (non-hydrogen) atoms. The largest absolute Gasteiger partial charge is 0.465 e. The number of hydroxylamine groups is 2. The van der Waals surface area contributed by atoms with Crippen molar-refractivity contribution in [2.45, 2.75) is 13.0 Å². The van der Waals surface area contributed by atoms with E-state index in [-0.39, 0.29) is 12.2 Å². The number of methoxy groups -OCH3 is 2. The zero-order chi connectivity index (χ0) is 17.7. The Morgan fingerprint density at radius 2 is 1.71 bits per heavy atom. The minimum absolute atomic E-state index is 0.0985. The molecule has 1 aliphatic heterocycles. The van der Waals surface area contributed by atoms with Crippen LogP contribution in [0.15, 0.2) is 41.7 Å². The van der Waals surface area contributed by atoms with Gasteiger partial charge in [0.15, 0.2) is 0 Å². The summed E-state index contributed by atoms with van der Waals surface area (Å²) in [5.74, 6) is -2.12. The topological polar surface area (TPSA) is 91.4 Å². The van der Waals surface area contributed by atoms with Gasteiger partial charge in [0.25, 0.3) is 5.76 Å². The van der Waals surface area contributed by atoms with Crippen molar-refractivity contribution in [3.8, 4) is 0 Å². The minimum Gasteiger partial charge on any atom is -0.465 e. The highest BCUT2D eigenvalue weighted by molar-refractivity contribution is 6.01. The van der Waals surface area contributed by atoms with Gasteiger partial charge in [0.05, 0.1) is 20.8 Å². The maximum absolute atomic E-state index is 12.2. The molecule has 1 unspecified atom stereocenters. The number of nitrogens with zero attached hydrogens (tertiary/aromatic N) is 1. The molecule has 128 valence electrons. The molecule has 1 atom stereocenters. The molecule has 1 heterocycles. The fourth-order valence-corrected chi connectivity index (χ4v) is 2.26. The second kappa shape index (κ2) is 7.49. The van der Waals surface area contributed by atoms with E-state index in [0.717, 1.165) is 12.2 Å². The van der Waals surface area contributed by atoms with Crippen LogP contribution < -0.4 is 0 Å². The summed E-state index contributed by atoms with van der Waals surface area (Å²) in [5, 5.41) is 0.817. The van der Waals surface area contributed by atoms with Crippen molar-refractivity contribution >= 4 is 18.0 Å². The fourth-order valence-electron chi connectivity index (χ4n) is 2.26. The van der Waals surface area contributed by atoms with Gasteiger partial charge in [-0.2, -0.15) is 0 Å². The standard InChI is InChI=1S/C16H17NO7/c1-4-23-16(20)17-12(10-8-6-5-7-9-10)11(14(18)21-2)13(24-17)15(19)22-3/h5-9,12H,4H2,1-3H3. The summed E-state index contributed by atoms with van der Waals surface area (Å²) in [7, 11) is 2.30. The monoisotopic (exact) mass is 335 g/mol. The Bertz CT molecular complexity index is 668. The van der Waals surface area contributed by atoms with Gasteiger partial charge in [0, 0.05) is 0 Å². The maximum atomic E-state index is 12.2. The molecular formula is C16H17NO7. The molecule has 1 aromatic carbocycles. The van der Waals surface area contributed by atoms with Crippen molar-refractivity contribution < 1.29 is 33.4 Å². The number of hydrogen-bond acceptors (Lipinski definition) is 7. The number of ether oxygens (including phenoxy) is 3. The van der Waals surface area contributed by atoms with Crippen molar-refractivity contribution in [3.05, 3.63) is 47.2 Å². The fraction of sp³-hybridized carbons (Fsp3) is 0.312. The van der Waals surface area contributed by atoms with Crippen LogP contribution in [0, 0.1) is 0 Å². The highest BCUT2D eigenvalue weighted by Gasteiger charge is 2.47. The van der Waals surface area contributed by atoms with E-state index < -0.39 is 29.8 Å². The van der Waals surface area contributed by atoms with Crippen LogP contribution in [0.25, 0.3) is 0 Å². The van der Waals surface area contributed by atoms with Gasteiger partial charge in [-0.05, 0) is 12.5 Å². The van der Waals surface area contributed by atoms with Crippen LogP contribution in [0.3, 0.4) is 0 Å². The van der Waals surface area contributed by atoms with E-state index in [0.29, 0.717) is 5.56 Å². The molecule has 0 aliphatic carbocycles. The summed E-state index contributed by atoms with van der Waals surface area (Å²) >= 11 is 0. The lowest BCUT2D eigenvalue weighted by Crippen LogP contribution is -2.33. The normalized spacial score (nSPS) is 16.5. The Hall–Kier alpha value is -3.03. The summed E-state index contributed by atoms with van der Waals surface area (Å²) in [4.78, 5) is 41.6. The lowest BCUT2D eigenvalue weighted by molar-refractivity contribution is -0.151. The van der Waals surface area contributed by atoms with Crippen LogP contribution in [0.1, 0.15) is 18.5 Å². The Balaban J connectivity index is 2.57. The van der Waals surface area contributed by atoms with Gasteiger partial charge < -0.3 is 19.0 Å². The second-order valence-electron chi connectivity index (χ2n) is 4.66. The summed E-state index contributed by atoms with van der Waals surface area (Å²) in [6.07, 6.45) is -0.841. The van der Waals surface area contributed by atoms with Crippen molar-refractivity contribution in [2.24, 2.45) is 0 Å². The molecule has 1 aromatic rings. The second-order valence-corrected chi connectivity index (χ2v) is 4.66. The van der Waals surface area contributed by atoms with Gasteiger partial charge in [-0.15, -0.1) is 5.06 Å². The number of amides is 1. The van der Waals surface area contributed by atoms with E-state index in [1.54, 1.807) is 37.3 Å². The molecule has 0 spiro atoms. The average Bonchev–Trinajstić information content (AvgIpc) is 3.02. The zero-order valence-electron chi connectivity index (χ0n) is 13.5. The van der Waals surface area contributed by atoms with Gasteiger partial charge in [-0.25, -0.2) is 14.4 Å². The number of carbonyl (C=O) groups is 3. The molecule has 0 fully saturated rings. The van der Waals surface area contributed by atoms with E-state index in [1.165, 1.54) is 7.11 Å². The van der Waals surface area contributed by atoms with Crippen LogP contribution in [0.4, 0.5) is 4.79 Å². The van der Waals surface area contributed by atoms with E-state index >= 15 is 0 Å². The third-order valence-electron chi connectivity index (χ3n) is 3.28. The van der Waals surface area contributed by atoms with Crippen molar-refractivity contribution in [1.82, 2.24) is 5.06 Å². The molecule has 1 amide bonds. The molecule has 0 N–H and O–H groups in total. The Kier molecular flexibility index (Phi) is 5.41. The number of hydrogen-bond donors (Lipinski definition) is 0. The molecular weight excluding hydrogens is 318 g/mol. The third-order valence-corrected chi connectivity index (χ3v) is 3.28. The van der Waals surface area contributed by atoms with Crippen LogP contribution in [-0.4, -0.2) is 43.9 Å². The van der Waals surface area contributed by atoms with Crippen molar-refractivity contribution in [3.63, 3.8) is 0 Å². The molecule has 0 aromatic heterocycles. The van der Waals surface area contributed by atoms with Crippen molar-refractivity contribution in [1.29, 1.82) is 0 Å². The molecule has 2 rings (SSSR count). The predicted octanol–water partition coefficient (Wildman–Crippen LogP) is 1.73. The lowest BCUT2D eigenvalue weighted by Gasteiger charge is -2.23. The molecule has 0 radical (unpaired) electrons. The number of benzene rings is 1. The van der Waals surface area contributed by atoms with Crippen LogP contribution in [0.2, 0.25) is 0 Å². The third kappa shape index (κ3) is 3.17. The number of esters is 2. The molecule has 8 heteroatoms. The highest BCUT2D eigenvalue weighted by Crippen LogP contribution is 2.39. The number of carbonyl (C=O) groups excluding carboxylic acids is 3. The molecule has 0 saturated carbocycles. The predicted molar refractivity (Wildman–Crippen MR) is 80.2 cm³/mol. The van der Waals surface area contributed by atoms with E-state index in [1.807, 2.05) is 0 Å². The van der Waals surface area contributed by atoms with Crippen molar-refractivity contribution in [2.75, 3.05) is 20.8 Å². The first kappa shape index (κ1) is 17.3. The summed E-state index contributed by atoms with van der Waals surface area (Å²) in [5.41, 5.74) is 0.411. The van der Waals surface area contributed by atoms with Crippen LogP contribution in [0.5, 0.6) is 0 Å². The van der Waals surface area contributed by atoms with Gasteiger partial charge in [-0.3, -0.25) is 0 Å². The first-order valence-electron chi connectivity index (χ1n) is 7.14. The first-order chi connectivity index (χ1) is 11.5. The molecule has 0 saturated heterocycles. The Morgan fingerprint density at radius 3 is 2.25 bits per heavy atom. The van der Waals surface area contributed by atoms with Crippen LogP contribution in [-0.2, 0) is 28.6 Å².